The second kappa shape index (κ2) is 5.65. The van der Waals surface area contributed by atoms with Crippen LogP contribution in [0.2, 0.25) is 0 Å². The molecule has 0 atom stereocenters. The van der Waals surface area contributed by atoms with Crippen molar-refractivity contribution in [3.8, 4) is 5.88 Å². The number of urea groups is 1. The highest BCUT2D eigenvalue weighted by Crippen LogP contribution is 2.39. The summed E-state index contributed by atoms with van der Waals surface area (Å²) in [6, 6.07) is -0.562. The van der Waals surface area contributed by atoms with Gasteiger partial charge in [0.15, 0.2) is 6.61 Å². The molecule has 2 N–H and O–H groups in total. The SMILES string of the molecule is CNC(=O)NC(=O)COc1ncnc2sc3c(c12)CCC3. The number of thiophene rings is 1. The van der Waals surface area contributed by atoms with Gasteiger partial charge in [0.2, 0.25) is 5.88 Å². The minimum atomic E-state index is -0.562. The Morgan fingerprint density at radius 1 is 1.38 bits per heavy atom. The zero-order valence-electron chi connectivity index (χ0n) is 11.4. The molecule has 1 aliphatic carbocycles. The highest BCUT2D eigenvalue weighted by atomic mass is 32.1. The second-order valence-corrected chi connectivity index (χ2v) is 5.72. The zero-order valence-corrected chi connectivity index (χ0v) is 12.2. The van der Waals surface area contributed by atoms with Crippen molar-refractivity contribution in [1.29, 1.82) is 0 Å². The van der Waals surface area contributed by atoms with E-state index in [-0.39, 0.29) is 6.61 Å². The smallest absolute Gasteiger partial charge is 0.321 e. The van der Waals surface area contributed by atoms with Gasteiger partial charge in [-0.2, -0.15) is 0 Å². The molecule has 0 bridgehead atoms. The number of aryl methyl sites for hydroxylation is 2. The van der Waals surface area contributed by atoms with Crippen molar-refractivity contribution < 1.29 is 14.3 Å². The number of carbonyl (C=O) groups excluding carboxylic acids is 2. The van der Waals surface area contributed by atoms with Crippen LogP contribution in [0.3, 0.4) is 0 Å². The Bertz CT molecular complexity index is 713. The summed E-state index contributed by atoms with van der Waals surface area (Å²) in [6.45, 7) is -0.260. The lowest BCUT2D eigenvalue weighted by atomic mass is 10.2. The Balaban J connectivity index is 1.78. The Hall–Kier alpha value is -2.22. The molecule has 8 heteroatoms. The fraction of sp³-hybridized carbons (Fsp3) is 0.385. The molecule has 2 aromatic heterocycles. The molecule has 0 spiro atoms. The minimum absolute atomic E-state index is 0.260. The Morgan fingerprint density at radius 3 is 3.05 bits per heavy atom. The van der Waals surface area contributed by atoms with Crippen molar-refractivity contribution in [2.24, 2.45) is 0 Å². The average molecular weight is 306 g/mol. The number of hydrogen-bond acceptors (Lipinski definition) is 6. The van der Waals surface area contributed by atoms with Crippen LogP contribution in [-0.4, -0.2) is 35.6 Å². The standard InChI is InChI=1S/C13H14N4O3S/c1-14-13(19)17-9(18)5-20-11-10-7-3-2-4-8(7)21-12(10)16-6-15-11/h6H,2-5H2,1H3,(H2,14,17,18,19). The van der Waals surface area contributed by atoms with Crippen molar-refractivity contribution in [1.82, 2.24) is 20.6 Å². The molecular weight excluding hydrogens is 292 g/mol. The monoisotopic (exact) mass is 306 g/mol. The zero-order chi connectivity index (χ0) is 14.8. The summed E-state index contributed by atoms with van der Waals surface area (Å²) in [4.78, 5) is 33.2. The molecule has 7 nitrogen and oxygen atoms in total. The van der Waals surface area contributed by atoms with E-state index in [4.69, 9.17) is 4.74 Å². The predicted octanol–water partition coefficient (Wildman–Crippen LogP) is 1.01. The first-order valence-corrected chi connectivity index (χ1v) is 7.40. The van der Waals surface area contributed by atoms with E-state index in [1.54, 1.807) is 11.3 Å². The van der Waals surface area contributed by atoms with E-state index in [1.165, 1.54) is 23.8 Å². The first-order chi connectivity index (χ1) is 10.2. The lowest BCUT2D eigenvalue weighted by molar-refractivity contribution is -0.122. The molecule has 0 unspecified atom stereocenters. The van der Waals surface area contributed by atoms with E-state index in [1.807, 2.05) is 0 Å². The van der Waals surface area contributed by atoms with Gasteiger partial charge in [0.25, 0.3) is 5.91 Å². The van der Waals surface area contributed by atoms with Crippen molar-refractivity contribution >= 4 is 33.5 Å². The van der Waals surface area contributed by atoms with Crippen LogP contribution in [0.25, 0.3) is 10.2 Å². The van der Waals surface area contributed by atoms with Gasteiger partial charge in [0.1, 0.15) is 11.2 Å². The van der Waals surface area contributed by atoms with Crippen LogP contribution >= 0.6 is 11.3 Å². The van der Waals surface area contributed by atoms with Crippen LogP contribution in [0.15, 0.2) is 6.33 Å². The van der Waals surface area contributed by atoms with Gasteiger partial charge in [-0.05, 0) is 24.8 Å². The van der Waals surface area contributed by atoms with Gasteiger partial charge >= 0.3 is 6.03 Å². The number of aromatic nitrogens is 2. The molecule has 0 aliphatic heterocycles. The lowest BCUT2D eigenvalue weighted by Gasteiger charge is -2.07. The third kappa shape index (κ3) is 2.66. The van der Waals surface area contributed by atoms with Crippen molar-refractivity contribution in [3.63, 3.8) is 0 Å². The van der Waals surface area contributed by atoms with E-state index in [2.05, 4.69) is 20.6 Å². The second-order valence-electron chi connectivity index (χ2n) is 4.63. The van der Waals surface area contributed by atoms with E-state index < -0.39 is 11.9 Å². The van der Waals surface area contributed by atoms with Crippen LogP contribution in [0, 0.1) is 0 Å². The van der Waals surface area contributed by atoms with Gasteiger partial charge in [-0.15, -0.1) is 11.3 Å². The Morgan fingerprint density at radius 2 is 2.24 bits per heavy atom. The van der Waals surface area contributed by atoms with Gasteiger partial charge in [-0.3, -0.25) is 10.1 Å². The maximum Gasteiger partial charge on any atom is 0.321 e. The molecule has 3 rings (SSSR count). The quantitative estimate of drug-likeness (QED) is 0.883. The van der Waals surface area contributed by atoms with E-state index >= 15 is 0 Å². The van der Waals surface area contributed by atoms with Gasteiger partial charge in [0.05, 0.1) is 5.39 Å². The molecule has 3 amide bonds. The molecule has 110 valence electrons. The van der Waals surface area contributed by atoms with E-state index in [0.717, 1.165) is 29.5 Å². The summed E-state index contributed by atoms with van der Waals surface area (Å²) >= 11 is 1.65. The van der Waals surface area contributed by atoms with Crippen LogP contribution < -0.4 is 15.4 Å². The Kier molecular flexibility index (Phi) is 3.70. The fourth-order valence-electron chi connectivity index (χ4n) is 2.37. The molecule has 0 radical (unpaired) electrons. The molecule has 0 aromatic carbocycles. The summed E-state index contributed by atoms with van der Waals surface area (Å²) in [6.07, 6.45) is 4.61. The van der Waals surface area contributed by atoms with Crippen molar-refractivity contribution in [2.45, 2.75) is 19.3 Å². The van der Waals surface area contributed by atoms with Crippen LogP contribution in [0.4, 0.5) is 4.79 Å². The maximum absolute atomic E-state index is 11.6. The molecule has 0 saturated heterocycles. The molecule has 1 aliphatic rings. The molecular formula is C13H14N4O3S. The lowest BCUT2D eigenvalue weighted by Crippen LogP contribution is -2.40. The number of nitrogens with zero attached hydrogens (tertiary/aromatic N) is 2. The predicted molar refractivity (Wildman–Crippen MR) is 77.5 cm³/mol. The van der Waals surface area contributed by atoms with E-state index in [9.17, 15) is 9.59 Å². The highest BCUT2D eigenvalue weighted by molar-refractivity contribution is 7.18. The topological polar surface area (TPSA) is 93.2 Å². The number of imide groups is 1. The van der Waals surface area contributed by atoms with Crippen molar-refractivity contribution in [3.05, 3.63) is 16.8 Å². The average Bonchev–Trinajstić information content (AvgIpc) is 3.05. The van der Waals surface area contributed by atoms with Gasteiger partial charge in [-0.25, -0.2) is 14.8 Å². The summed E-state index contributed by atoms with van der Waals surface area (Å²) in [5.74, 6) is -0.112. The first-order valence-electron chi connectivity index (χ1n) is 6.58. The normalized spacial score (nSPS) is 13.0. The third-order valence-corrected chi connectivity index (χ3v) is 4.49. The molecule has 2 heterocycles. The summed E-state index contributed by atoms with van der Waals surface area (Å²) in [5, 5.41) is 5.35. The highest BCUT2D eigenvalue weighted by Gasteiger charge is 2.22. The van der Waals surface area contributed by atoms with Crippen LogP contribution in [0.1, 0.15) is 16.9 Å². The summed E-state index contributed by atoms with van der Waals surface area (Å²) in [7, 11) is 1.44. The van der Waals surface area contributed by atoms with E-state index in [0.29, 0.717) is 5.88 Å². The third-order valence-electron chi connectivity index (χ3n) is 3.29. The first kappa shape index (κ1) is 13.7. The van der Waals surface area contributed by atoms with Gasteiger partial charge in [0, 0.05) is 11.9 Å². The van der Waals surface area contributed by atoms with Crippen molar-refractivity contribution in [2.75, 3.05) is 13.7 Å². The number of hydrogen-bond donors (Lipinski definition) is 2. The van der Waals surface area contributed by atoms with Gasteiger partial charge in [-0.1, -0.05) is 0 Å². The fourth-order valence-corrected chi connectivity index (χ4v) is 3.59. The minimum Gasteiger partial charge on any atom is -0.467 e. The molecule has 0 saturated carbocycles. The summed E-state index contributed by atoms with van der Waals surface area (Å²) < 4.78 is 5.47. The Labute approximate surface area is 124 Å². The number of nitrogens with one attached hydrogen (secondary N) is 2. The maximum atomic E-state index is 11.6. The number of fused-ring (bicyclic) bond motifs is 3. The number of ether oxygens (including phenoxy) is 1. The summed E-state index contributed by atoms with van der Waals surface area (Å²) in [5.41, 5.74) is 1.23. The van der Waals surface area contributed by atoms with Crippen LogP contribution in [-0.2, 0) is 17.6 Å². The molecule has 21 heavy (non-hydrogen) atoms. The molecule has 0 fully saturated rings. The molecule has 2 aromatic rings. The number of carbonyl (C=O) groups is 2. The van der Waals surface area contributed by atoms with Gasteiger partial charge < -0.3 is 10.1 Å². The largest absolute Gasteiger partial charge is 0.467 e. The number of rotatable bonds is 3. The van der Waals surface area contributed by atoms with Crippen LogP contribution in [0.5, 0.6) is 5.88 Å². The number of amides is 3.